The van der Waals surface area contributed by atoms with Crippen LogP contribution in [-0.2, 0) is 0 Å². The van der Waals surface area contributed by atoms with Crippen molar-refractivity contribution in [3.05, 3.63) is 22.6 Å². The van der Waals surface area contributed by atoms with Crippen LogP contribution in [0.4, 0.5) is 0 Å². The van der Waals surface area contributed by atoms with Gasteiger partial charge < -0.3 is 9.32 Å². The van der Waals surface area contributed by atoms with Crippen LogP contribution in [0.3, 0.4) is 0 Å². The second-order valence-electron chi connectivity index (χ2n) is 4.56. The van der Waals surface area contributed by atoms with Gasteiger partial charge in [0.25, 0.3) is 5.91 Å². The summed E-state index contributed by atoms with van der Waals surface area (Å²) in [5.41, 5.74) is 0. The molecule has 0 aromatic carbocycles. The van der Waals surface area contributed by atoms with Crippen LogP contribution in [0.2, 0.25) is 0 Å². The zero-order chi connectivity index (χ0) is 13.1. The molecule has 2 rings (SSSR count). The molecule has 0 bridgehead atoms. The van der Waals surface area contributed by atoms with E-state index < -0.39 is 0 Å². The van der Waals surface area contributed by atoms with Gasteiger partial charge in [-0.1, -0.05) is 6.92 Å². The molecular weight excluding hydrogens is 314 g/mol. The van der Waals surface area contributed by atoms with Gasteiger partial charge in [0.15, 0.2) is 10.4 Å². The first-order valence-corrected chi connectivity index (χ1v) is 8.10. The molecule has 1 aromatic rings. The predicted molar refractivity (Wildman–Crippen MR) is 78.1 cm³/mol. The van der Waals surface area contributed by atoms with E-state index in [0.717, 1.165) is 18.6 Å². The average Bonchev–Trinajstić information content (AvgIpc) is 2.97. The number of halogens is 1. The van der Waals surface area contributed by atoms with Gasteiger partial charge in [0.2, 0.25) is 0 Å². The fourth-order valence-electron chi connectivity index (χ4n) is 2.43. The second-order valence-corrected chi connectivity index (χ2v) is 6.92. The lowest BCUT2D eigenvalue weighted by atomic mass is 10.2. The van der Waals surface area contributed by atoms with E-state index >= 15 is 0 Å². The molecule has 0 unspecified atom stereocenters. The van der Waals surface area contributed by atoms with E-state index in [9.17, 15) is 4.79 Å². The van der Waals surface area contributed by atoms with Crippen molar-refractivity contribution >= 4 is 33.6 Å². The molecule has 1 aromatic heterocycles. The van der Waals surface area contributed by atoms with Crippen LogP contribution in [0.25, 0.3) is 0 Å². The largest absolute Gasteiger partial charge is 0.444 e. The van der Waals surface area contributed by atoms with Crippen LogP contribution in [-0.4, -0.2) is 34.9 Å². The summed E-state index contributed by atoms with van der Waals surface area (Å²) in [6.07, 6.45) is 3.41. The molecule has 0 radical (unpaired) electrons. The van der Waals surface area contributed by atoms with E-state index in [4.69, 9.17) is 4.42 Å². The molecule has 0 N–H and O–H groups in total. The van der Waals surface area contributed by atoms with Crippen molar-refractivity contribution in [1.82, 2.24) is 4.90 Å². The average molecular weight is 332 g/mol. The molecule has 1 heterocycles. The van der Waals surface area contributed by atoms with Crippen LogP contribution in [0.5, 0.6) is 0 Å². The van der Waals surface area contributed by atoms with Gasteiger partial charge in [-0.2, -0.15) is 11.8 Å². The number of nitrogens with zero attached hydrogens (tertiary/aromatic N) is 1. The van der Waals surface area contributed by atoms with Crippen molar-refractivity contribution in [2.24, 2.45) is 0 Å². The number of hydrogen-bond acceptors (Lipinski definition) is 3. The maximum atomic E-state index is 12.2. The van der Waals surface area contributed by atoms with Gasteiger partial charge in [-0.05, 0) is 53.1 Å². The molecule has 100 valence electrons. The quantitative estimate of drug-likeness (QED) is 0.841. The van der Waals surface area contributed by atoms with Gasteiger partial charge in [0.05, 0.1) is 0 Å². The summed E-state index contributed by atoms with van der Waals surface area (Å²) in [5, 5.41) is 0.707. The van der Waals surface area contributed by atoms with Crippen LogP contribution in [0.15, 0.2) is 21.2 Å². The molecule has 2 atom stereocenters. The second kappa shape index (κ2) is 6.15. The molecular formula is C13H18BrNO2S. The third kappa shape index (κ3) is 3.12. The number of hydrogen-bond donors (Lipinski definition) is 0. The Bertz CT molecular complexity index is 421. The number of carbonyl (C=O) groups is 1. The maximum Gasteiger partial charge on any atom is 0.289 e. The summed E-state index contributed by atoms with van der Waals surface area (Å²) in [6.45, 7) is 2.19. The molecule has 1 amide bonds. The third-order valence-electron chi connectivity index (χ3n) is 3.41. The summed E-state index contributed by atoms with van der Waals surface area (Å²) in [4.78, 5) is 14.0. The molecule has 18 heavy (non-hydrogen) atoms. The van der Waals surface area contributed by atoms with Crippen LogP contribution < -0.4 is 0 Å². The van der Waals surface area contributed by atoms with E-state index in [2.05, 4.69) is 22.9 Å². The fourth-order valence-corrected chi connectivity index (χ4v) is 3.86. The summed E-state index contributed by atoms with van der Waals surface area (Å²) in [7, 11) is 1.88. The van der Waals surface area contributed by atoms with Crippen molar-refractivity contribution < 1.29 is 9.21 Å². The lowest BCUT2D eigenvalue weighted by Crippen LogP contribution is -2.35. The predicted octanol–water partition coefficient (Wildman–Crippen LogP) is 3.79. The molecule has 1 saturated carbocycles. The Labute approximate surface area is 120 Å². The Balaban J connectivity index is 1.95. The highest BCUT2D eigenvalue weighted by molar-refractivity contribution is 9.10. The summed E-state index contributed by atoms with van der Waals surface area (Å²) in [5.74, 6) is 1.55. The Morgan fingerprint density at radius 3 is 2.94 bits per heavy atom. The fraction of sp³-hybridized carbons (Fsp3) is 0.615. The highest BCUT2D eigenvalue weighted by Crippen LogP contribution is 2.32. The van der Waals surface area contributed by atoms with E-state index in [-0.39, 0.29) is 5.91 Å². The first kappa shape index (κ1) is 14.0. The molecule has 3 nitrogen and oxygen atoms in total. The smallest absolute Gasteiger partial charge is 0.289 e. The van der Waals surface area contributed by atoms with E-state index in [0.29, 0.717) is 21.7 Å². The monoisotopic (exact) mass is 331 g/mol. The maximum absolute atomic E-state index is 12.2. The van der Waals surface area contributed by atoms with E-state index in [1.165, 1.54) is 6.42 Å². The SMILES string of the molecule is CCS[C@H]1CC[C@H](N(C)C(=O)c2ccc(Br)o2)C1. The van der Waals surface area contributed by atoms with Crippen molar-refractivity contribution in [2.45, 2.75) is 37.5 Å². The van der Waals surface area contributed by atoms with E-state index in [1.54, 1.807) is 12.1 Å². The lowest BCUT2D eigenvalue weighted by molar-refractivity contribution is 0.0702. The standard InChI is InChI=1S/C13H18BrNO2S/c1-3-18-10-5-4-9(8-10)15(2)13(16)11-6-7-12(14)17-11/h6-7,9-10H,3-5,8H2,1-2H3/t9-,10-/m0/s1. The Kier molecular flexibility index (Phi) is 4.78. The Hall–Kier alpha value is -0.420. The minimum absolute atomic E-state index is 0.0205. The number of furan rings is 1. The number of amides is 1. The van der Waals surface area contributed by atoms with Gasteiger partial charge in [0, 0.05) is 18.3 Å². The molecule has 1 aliphatic carbocycles. The normalized spacial score (nSPS) is 23.3. The summed E-state index contributed by atoms with van der Waals surface area (Å²) >= 11 is 5.23. The summed E-state index contributed by atoms with van der Waals surface area (Å²) in [6, 6.07) is 3.83. The first-order valence-electron chi connectivity index (χ1n) is 6.26. The van der Waals surface area contributed by atoms with Gasteiger partial charge in [-0.25, -0.2) is 0 Å². The number of carbonyl (C=O) groups excluding carboxylic acids is 1. The van der Waals surface area contributed by atoms with Gasteiger partial charge in [0.1, 0.15) is 0 Å². The molecule has 0 spiro atoms. The lowest BCUT2D eigenvalue weighted by Gasteiger charge is -2.23. The van der Waals surface area contributed by atoms with Gasteiger partial charge in [-0.15, -0.1) is 0 Å². The van der Waals surface area contributed by atoms with Crippen LogP contribution in [0, 0.1) is 0 Å². The van der Waals surface area contributed by atoms with E-state index in [1.807, 2.05) is 23.7 Å². The molecule has 1 aliphatic rings. The highest BCUT2D eigenvalue weighted by Gasteiger charge is 2.31. The third-order valence-corrected chi connectivity index (χ3v) is 5.07. The zero-order valence-electron chi connectivity index (χ0n) is 10.7. The van der Waals surface area contributed by atoms with Gasteiger partial charge in [-0.3, -0.25) is 4.79 Å². The first-order chi connectivity index (χ1) is 8.61. The Morgan fingerprint density at radius 2 is 2.33 bits per heavy atom. The summed E-state index contributed by atoms with van der Waals surface area (Å²) < 4.78 is 5.92. The zero-order valence-corrected chi connectivity index (χ0v) is 13.1. The topological polar surface area (TPSA) is 33.5 Å². The number of rotatable bonds is 4. The minimum Gasteiger partial charge on any atom is -0.444 e. The van der Waals surface area contributed by atoms with Gasteiger partial charge >= 0.3 is 0 Å². The Morgan fingerprint density at radius 1 is 1.56 bits per heavy atom. The van der Waals surface area contributed by atoms with Crippen molar-refractivity contribution in [3.8, 4) is 0 Å². The highest BCUT2D eigenvalue weighted by atomic mass is 79.9. The minimum atomic E-state index is -0.0205. The molecule has 0 aliphatic heterocycles. The molecule has 5 heteroatoms. The van der Waals surface area contributed by atoms with Crippen LogP contribution >= 0.6 is 27.7 Å². The van der Waals surface area contributed by atoms with Crippen LogP contribution in [0.1, 0.15) is 36.7 Å². The van der Waals surface area contributed by atoms with Crippen molar-refractivity contribution in [2.75, 3.05) is 12.8 Å². The van der Waals surface area contributed by atoms with Crippen molar-refractivity contribution in [1.29, 1.82) is 0 Å². The van der Waals surface area contributed by atoms with Crippen molar-refractivity contribution in [3.63, 3.8) is 0 Å². The molecule has 1 fully saturated rings. The molecule has 0 saturated heterocycles. The number of thioether (sulfide) groups is 1.